The van der Waals surface area contributed by atoms with E-state index in [0.29, 0.717) is 98.9 Å². The number of hydrogen-bond donors (Lipinski definition) is 7. The quantitative estimate of drug-likeness (QED) is 0.0415. The molecule has 0 aliphatic carbocycles. The molecule has 0 spiro atoms. The zero-order valence-electron chi connectivity index (χ0n) is 40.9. The van der Waals surface area contributed by atoms with E-state index in [1.807, 2.05) is 6.92 Å². The first kappa shape index (κ1) is 57.5. The summed E-state index contributed by atoms with van der Waals surface area (Å²) in [5.74, 6) is 0.113. The molecule has 20 heteroatoms. The van der Waals surface area contributed by atoms with Gasteiger partial charge in [0.05, 0.1) is 61.0 Å². The molecule has 3 aromatic rings. The maximum atomic E-state index is 13.1. The molecule has 3 rings (SSSR count). The van der Waals surface area contributed by atoms with Crippen molar-refractivity contribution in [3.63, 3.8) is 0 Å². The molecule has 0 aromatic heterocycles. The maximum absolute atomic E-state index is 13.1. The van der Waals surface area contributed by atoms with E-state index in [1.165, 1.54) is 0 Å². The van der Waals surface area contributed by atoms with Gasteiger partial charge in [0, 0.05) is 81.6 Å². The lowest BCUT2D eigenvalue weighted by Gasteiger charge is -2.34. The minimum absolute atomic E-state index is 0.00263. The molecule has 0 saturated carbocycles. The molecule has 0 fully saturated rings. The zero-order chi connectivity index (χ0) is 50.8. The lowest BCUT2D eigenvalue weighted by molar-refractivity contribution is -0.130. The Labute approximate surface area is 410 Å². The SMILES string of the molecule is CCCC(=O)NC(COCCC(=O)NCCCNC(=O)c1ccc(OC)cc1)(COCCC(=O)NCCCNC(=O)c1ccc(OC)cc1)COCCC(=O)NCCCNC(=O)c1ccc(OC)cc1. The summed E-state index contributed by atoms with van der Waals surface area (Å²) in [6.45, 7) is 3.53. The molecule has 0 radical (unpaired) electrons. The van der Waals surface area contributed by atoms with Crippen molar-refractivity contribution >= 4 is 41.4 Å². The average molecular weight is 978 g/mol. The second-order valence-electron chi connectivity index (χ2n) is 16.0. The lowest BCUT2D eigenvalue weighted by Crippen LogP contribution is -2.58. The fourth-order valence-electron chi connectivity index (χ4n) is 6.47. The molecule has 384 valence electrons. The highest BCUT2D eigenvalue weighted by molar-refractivity contribution is 5.95. The summed E-state index contributed by atoms with van der Waals surface area (Å²) in [6, 6.07) is 20.2. The van der Waals surface area contributed by atoms with Crippen LogP contribution >= 0.6 is 0 Å². The predicted molar refractivity (Wildman–Crippen MR) is 261 cm³/mol. The van der Waals surface area contributed by atoms with E-state index in [1.54, 1.807) is 94.1 Å². The first-order valence-corrected chi connectivity index (χ1v) is 23.5. The molecule has 70 heavy (non-hydrogen) atoms. The number of ether oxygens (including phenoxy) is 6. The van der Waals surface area contributed by atoms with E-state index >= 15 is 0 Å². The van der Waals surface area contributed by atoms with Gasteiger partial charge in [0.15, 0.2) is 0 Å². The fourth-order valence-corrected chi connectivity index (χ4v) is 6.47. The van der Waals surface area contributed by atoms with Gasteiger partial charge in [0.2, 0.25) is 23.6 Å². The first-order chi connectivity index (χ1) is 33.9. The van der Waals surface area contributed by atoms with Crippen molar-refractivity contribution in [2.45, 2.75) is 63.8 Å². The van der Waals surface area contributed by atoms with Crippen LogP contribution in [-0.2, 0) is 33.4 Å². The Bertz CT molecular complexity index is 1840. The van der Waals surface area contributed by atoms with Gasteiger partial charge in [-0.1, -0.05) is 6.92 Å². The molecule has 20 nitrogen and oxygen atoms in total. The molecule has 0 bridgehead atoms. The Morgan fingerprint density at radius 2 is 0.686 bits per heavy atom. The molecular weight excluding hydrogens is 907 g/mol. The van der Waals surface area contributed by atoms with Gasteiger partial charge >= 0.3 is 0 Å². The van der Waals surface area contributed by atoms with Crippen molar-refractivity contribution in [1.29, 1.82) is 0 Å². The highest BCUT2D eigenvalue weighted by atomic mass is 16.5. The minimum atomic E-state index is -1.25. The Morgan fingerprint density at radius 3 is 0.957 bits per heavy atom. The Morgan fingerprint density at radius 1 is 0.400 bits per heavy atom. The summed E-state index contributed by atoms with van der Waals surface area (Å²) in [4.78, 5) is 88.3. The van der Waals surface area contributed by atoms with Crippen LogP contribution in [0.2, 0.25) is 0 Å². The van der Waals surface area contributed by atoms with Gasteiger partial charge in [-0.2, -0.15) is 0 Å². The van der Waals surface area contributed by atoms with Gasteiger partial charge in [-0.15, -0.1) is 0 Å². The van der Waals surface area contributed by atoms with Gasteiger partial charge < -0.3 is 65.6 Å². The van der Waals surface area contributed by atoms with E-state index in [-0.39, 0.29) is 107 Å². The minimum Gasteiger partial charge on any atom is -0.497 e. The molecular formula is C50H71N7O13. The van der Waals surface area contributed by atoms with Crippen LogP contribution in [0.1, 0.15) is 89.4 Å². The van der Waals surface area contributed by atoms with Crippen LogP contribution in [-0.4, -0.2) is 147 Å². The molecule has 0 heterocycles. The second kappa shape index (κ2) is 33.7. The Hall–Kier alpha value is -6.77. The van der Waals surface area contributed by atoms with Crippen LogP contribution in [0.25, 0.3) is 0 Å². The van der Waals surface area contributed by atoms with Crippen molar-refractivity contribution in [2.75, 3.05) is 100 Å². The van der Waals surface area contributed by atoms with Gasteiger partial charge in [-0.3, -0.25) is 33.6 Å². The lowest BCUT2D eigenvalue weighted by atomic mass is 10.0. The summed E-state index contributed by atoms with van der Waals surface area (Å²) in [6.07, 6.45) is 2.29. The van der Waals surface area contributed by atoms with E-state index in [4.69, 9.17) is 28.4 Å². The summed E-state index contributed by atoms with van der Waals surface area (Å²) in [7, 11) is 4.64. The molecule has 0 aliphatic heterocycles. The molecule has 3 aromatic carbocycles. The number of hydrogen-bond acceptors (Lipinski definition) is 13. The van der Waals surface area contributed by atoms with Crippen LogP contribution in [0, 0.1) is 0 Å². The summed E-state index contributed by atoms with van der Waals surface area (Å²) < 4.78 is 33.3. The van der Waals surface area contributed by atoms with E-state index in [9.17, 15) is 33.6 Å². The maximum Gasteiger partial charge on any atom is 0.251 e. The van der Waals surface area contributed by atoms with Gasteiger partial charge in [-0.05, 0) is 98.5 Å². The van der Waals surface area contributed by atoms with Crippen LogP contribution < -0.4 is 51.4 Å². The van der Waals surface area contributed by atoms with Crippen molar-refractivity contribution in [1.82, 2.24) is 37.2 Å². The normalized spacial score (nSPS) is 10.9. The number of carbonyl (C=O) groups excluding carboxylic acids is 7. The smallest absolute Gasteiger partial charge is 0.251 e. The van der Waals surface area contributed by atoms with Crippen molar-refractivity contribution in [3.05, 3.63) is 89.5 Å². The number of rotatable bonds is 36. The standard InChI is InChI=1S/C50H71N7O13/c1-5-9-46(61)57-50(34-68-31-22-43(58)51-25-6-28-54-47(62)37-10-16-40(65-2)17-11-37,35-69-32-23-44(59)52-26-7-29-55-48(63)38-12-18-41(66-3)19-13-38)36-70-33-24-45(60)53-27-8-30-56-49(64)39-14-20-42(67-4)21-15-39/h10-21H,5-9,22-36H2,1-4H3,(H,51,58)(H,52,59)(H,53,60)(H,54,62)(H,55,63)(H,56,64)(H,57,61). The Balaban J connectivity index is 1.47. The van der Waals surface area contributed by atoms with Gasteiger partial charge in [0.1, 0.15) is 22.8 Å². The monoisotopic (exact) mass is 978 g/mol. The molecule has 0 aliphatic rings. The van der Waals surface area contributed by atoms with Crippen LogP contribution in [0.5, 0.6) is 17.2 Å². The van der Waals surface area contributed by atoms with E-state index < -0.39 is 5.54 Å². The topological polar surface area (TPSA) is 259 Å². The summed E-state index contributed by atoms with van der Waals surface area (Å²) in [5, 5.41) is 19.9. The number of benzene rings is 3. The first-order valence-electron chi connectivity index (χ1n) is 23.5. The number of carbonyl (C=O) groups is 7. The van der Waals surface area contributed by atoms with E-state index in [0.717, 1.165) is 0 Å². The molecule has 7 N–H and O–H groups in total. The van der Waals surface area contributed by atoms with Crippen molar-refractivity contribution in [3.8, 4) is 17.2 Å². The van der Waals surface area contributed by atoms with Crippen LogP contribution in [0.4, 0.5) is 0 Å². The molecule has 0 atom stereocenters. The van der Waals surface area contributed by atoms with Crippen molar-refractivity contribution < 1.29 is 62.0 Å². The van der Waals surface area contributed by atoms with Crippen LogP contribution in [0.15, 0.2) is 72.8 Å². The Kier molecular flexibility index (Phi) is 27.7. The molecule has 0 unspecified atom stereocenters. The zero-order valence-corrected chi connectivity index (χ0v) is 40.9. The van der Waals surface area contributed by atoms with E-state index in [2.05, 4.69) is 37.2 Å². The molecule has 7 amide bonds. The third-order valence-corrected chi connectivity index (χ3v) is 10.4. The highest BCUT2D eigenvalue weighted by Crippen LogP contribution is 2.14. The predicted octanol–water partition coefficient (Wildman–Crippen LogP) is 2.70. The highest BCUT2D eigenvalue weighted by Gasteiger charge is 2.34. The fraction of sp³-hybridized carbons (Fsp3) is 0.500. The number of methoxy groups -OCH3 is 3. The second-order valence-corrected chi connectivity index (χ2v) is 16.0. The third kappa shape index (κ3) is 23.5. The largest absolute Gasteiger partial charge is 0.497 e. The number of amides is 7. The van der Waals surface area contributed by atoms with Gasteiger partial charge in [-0.25, -0.2) is 0 Å². The number of nitrogens with one attached hydrogen (secondary N) is 7. The average Bonchev–Trinajstić information content (AvgIpc) is 3.37. The van der Waals surface area contributed by atoms with Crippen LogP contribution in [0.3, 0.4) is 0 Å². The summed E-state index contributed by atoms with van der Waals surface area (Å²) in [5.41, 5.74) is 0.225. The van der Waals surface area contributed by atoms with Crippen molar-refractivity contribution in [2.24, 2.45) is 0 Å². The summed E-state index contributed by atoms with van der Waals surface area (Å²) >= 11 is 0. The molecule has 0 saturated heterocycles. The third-order valence-electron chi connectivity index (χ3n) is 10.4. The van der Waals surface area contributed by atoms with Gasteiger partial charge in [0.25, 0.3) is 17.7 Å².